The molecule has 2 N–H and O–H groups in total. The summed E-state index contributed by atoms with van der Waals surface area (Å²) in [6.45, 7) is 1.68. The Bertz CT molecular complexity index is 1710. The van der Waals surface area contributed by atoms with Gasteiger partial charge < -0.3 is 15.2 Å². The molecule has 0 unspecified atom stereocenters. The van der Waals surface area contributed by atoms with Crippen LogP contribution in [0.5, 0.6) is 11.5 Å². The Morgan fingerprint density at radius 3 is 2.46 bits per heavy atom. The second-order valence-corrected chi connectivity index (χ2v) is 10.2. The van der Waals surface area contributed by atoms with Crippen LogP contribution in [0.2, 0.25) is 10.0 Å². The number of ether oxygens (including phenoxy) is 1. The number of carbonyl (C=O) groups excluding carboxylic acids is 1. The first kappa shape index (κ1) is 30.8. The maximum absolute atomic E-state index is 13.4. The van der Waals surface area contributed by atoms with Gasteiger partial charge in [0, 0.05) is 16.0 Å². The zero-order valence-electron chi connectivity index (χ0n) is 21.0. The van der Waals surface area contributed by atoms with Crippen molar-refractivity contribution in [2.45, 2.75) is 18.2 Å². The molecule has 1 amide bonds. The average Bonchev–Trinajstić information content (AvgIpc) is 2.87. The summed E-state index contributed by atoms with van der Waals surface area (Å²) < 4.78 is 39.2. The zero-order chi connectivity index (χ0) is 27.6. The topological polar surface area (TPSA) is 140 Å². The Balaban J connectivity index is 0.00000420. The van der Waals surface area contributed by atoms with Gasteiger partial charge in [-0.15, -0.1) is 5.11 Å². The maximum atomic E-state index is 13.4. The SMILES string of the molecule is CCc1cc(Cl)cc(N=Nc2c([O-])c(C(=O)Nc3cccc(OC)c3Cl)cc3ccccc23)c1S(=O)(=O)O.[Na+]. The van der Waals surface area contributed by atoms with Gasteiger partial charge in [-0.3, -0.25) is 9.35 Å². The molecule has 0 saturated heterocycles. The third kappa shape index (κ3) is 6.55. The second kappa shape index (κ2) is 12.6. The van der Waals surface area contributed by atoms with Crippen molar-refractivity contribution in [1.82, 2.24) is 0 Å². The van der Waals surface area contributed by atoms with E-state index >= 15 is 0 Å². The number of nitrogens with zero attached hydrogens (tertiary/aromatic N) is 2. The molecule has 4 aromatic carbocycles. The van der Waals surface area contributed by atoms with E-state index in [9.17, 15) is 22.9 Å². The second-order valence-electron chi connectivity index (χ2n) is 8.04. The normalized spacial score (nSPS) is 11.4. The molecule has 0 heterocycles. The Kier molecular flexibility index (Phi) is 10.0. The van der Waals surface area contributed by atoms with E-state index in [-0.39, 0.29) is 74.2 Å². The van der Waals surface area contributed by atoms with Crippen molar-refractivity contribution < 1.29 is 57.2 Å². The maximum Gasteiger partial charge on any atom is 1.00 e. The molecule has 4 rings (SSSR count). The monoisotopic (exact) mass is 595 g/mol. The summed E-state index contributed by atoms with van der Waals surface area (Å²) in [5, 5.41) is 25.3. The van der Waals surface area contributed by atoms with Gasteiger partial charge in [-0.25, -0.2) is 0 Å². The fourth-order valence-corrected chi connectivity index (χ4v) is 5.29. The van der Waals surface area contributed by atoms with Crippen molar-refractivity contribution in [3.05, 3.63) is 81.8 Å². The van der Waals surface area contributed by atoms with Gasteiger partial charge in [0.2, 0.25) is 0 Å². The quantitative estimate of drug-likeness (QED) is 0.189. The van der Waals surface area contributed by atoms with Gasteiger partial charge >= 0.3 is 29.6 Å². The van der Waals surface area contributed by atoms with Gasteiger partial charge in [0.15, 0.2) is 0 Å². The minimum atomic E-state index is -4.69. The van der Waals surface area contributed by atoms with Gasteiger partial charge in [0.25, 0.3) is 16.0 Å². The van der Waals surface area contributed by atoms with Crippen molar-refractivity contribution in [3.8, 4) is 11.5 Å². The number of hydrogen-bond acceptors (Lipinski definition) is 7. The number of carbonyl (C=O) groups is 1. The van der Waals surface area contributed by atoms with Crippen LogP contribution in [0, 0.1) is 0 Å². The summed E-state index contributed by atoms with van der Waals surface area (Å²) in [6.07, 6.45) is 0.233. The van der Waals surface area contributed by atoms with Crippen LogP contribution in [0.25, 0.3) is 10.8 Å². The predicted molar refractivity (Wildman–Crippen MR) is 144 cm³/mol. The molecule has 0 spiro atoms. The van der Waals surface area contributed by atoms with Crippen molar-refractivity contribution in [2.75, 3.05) is 12.4 Å². The molecule has 4 aromatic rings. The molecule has 0 saturated carbocycles. The van der Waals surface area contributed by atoms with Crippen LogP contribution in [0.15, 0.2) is 75.8 Å². The Labute approximate surface area is 256 Å². The molecule has 13 heteroatoms. The van der Waals surface area contributed by atoms with E-state index in [2.05, 4.69) is 15.5 Å². The number of rotatable bonds is 7. The third-order valence-corrected chi connectivity index (χ3v) is 7.25. The van der Waals surface area contributed by atoms with E-state index in [1.807, 2.05) is 0 Å². The molecule has 9 nitrogen and oxygen atoms in total. The molecule has 0 aliphatic rings. The molecule has 0 aromatic heterocycles. The fourth-order valence-electron chi connectivity index (χ4n) is 3.90. The van der Waals surface area contributed by atoms with Gasteiger partial charge in [-0.2, -0.15) is 13.5 Å². The fraction of sp³-hybridized carbons (Fsp3) is 0.115. The summed E-state index contributed by atoms with van der Waals surface area (Å²) in [7, 11) is -3.26. The van der Waals surface area contributed by atoms with Crippen LogP contribution in [-0.4, -0.2) is 26.0 Å². The minimum Gasteiger partial charge on any atom is -0.870 e. The van der Waals surface area contributed by atoms with E-state index in [1.165, 1.54) is 25.3 Å². The van der Waals surface area contributed by atoms with Crippen LogP contribution in [0.3, 0.4) is 0 Å². The predicted octanol–water partition coefficient (Wildman–Crippen LogP) is 3.71. The number of methoxy groups -OCH3 is 1. The van der Waals surface area contributed by atoms with Gasteiger partial charge in [0.05, 0.1) is 18.5 Å². The zero-order valence-corrected chi connectivity index (χ0v) is 25.4. The summed E-state index contributed by atoms with van der Waals surface area (Å²) >= 11 is 12.4. The molecular formula is C26H20Cl2N3NaO6S. The number of benzene rings is 4. The number of halogens is 2. The molecule has 39 heavy (non-hydrogen) atoms. The third-order valence-electron chi connectivity index (χ3n) is 5.66. The molecule has 0 aliphatic heterocycles. The first-order valence-corrected chi connectivity index (χ1v) is 13.3. The molecule has 0 aliphatic carbocycles. The summed E-state index contributed by atoms with van der Waals surface area (Å²) in [4.78, 5) is 12.7. The Morgan fingerprint density at radius 2 is 1.79 bits per heavy atom. The average molecular weight is 596 g/mol. The van der Waals surface area contributed by atoms with Crippen LogP contribution >= 0.6 is 23.2 Å². The number of amides is 1. The number of anilines is 1. The largest absolute Gasteiger partial charge is 1.00 e. The van der Waals surface area contributed by atoms with E-state index in [0.717, 1.165) is 0 Å². The van der Waals surface area contributed by atoms with E-state index in [0.29, 0.717) is 16.5 Å². The smallest absolute Gasteiger partial charge is 0.870 e. The van der Waals surface area contributed by atoms with Crippen LogP contribution in [0.1, 0.15) is 22.8 Å². The van der Waals surface area contributed by atoms with Gasteiger partial charge in [-0.1, -0.05) is 66.2 Å². The Morgan fingerprint density at radius 1 is 1.08 bits per heavy atom. The molecular weight excluding hydrogens is 576 g/mol. The van der Waals surface area contributed by atoms with Crippen LogP contribution < -0.4 is 44.7 Å². The summed E-state index contributed by atoms with van der Waals surface area (Å²) in [5.74, 6) is -1.17. The molecule has 0 atom stereocenters. The molecule has 0 bridgehead atoms. The van der Waals surface area contributed by atoms with E-state index < -0.39 is 26.7 Å². The molecule has 196 valence electrons. The Hall–Kier alpha value is -2.70. The van der Waals surface area contributed by atoms with Crippen molar-refractivity contribution in [3.63, 3.8) is 0 Å². The number of azo groups is 1. The van der Waals surface area contributed by atoms with Crippen LogP contribution in [-0.2, 0) is 16.5 Å². The summed E-state index contributed by atoms with van der Waals surface area (Å²) in [5.41, 5.74) is -0.241. The minimum absolute atomic E-state index is 0. The first-order chi connectivity index (χ1) is 18.0. The number of nitrogens with one attached hydrogen (secondary N) is 1. The summed E-state index contributed by atoms with van der Waals surface area (Å²) in [6, 6.07) is 15.5. The van der Waals surface area contributed by atoms with Crippen molar-refractivity contribution >= 4 is 67.1 Å². The molecule has 0 fully saturated rings. The van der Waals surface area contributed by atoms with Crippen LogP contribution in [0.4, 0.5) is 17.1 Å². The van der Waals surface area contributed by atoms with E-state index in [1.54, 1.807) is 49.4 Å². The number of hydrogen-bond donors (Lipinski definition) is 2. The van der Waals surface area contributed by atoms with Crippen molar-refractivity contribution in [2.24, 2.45) is 10.2 Å². The van der Waals surface area contributed by atoms with E-state index in [4.69, 9.17) is 27.9 Å². The van der Waals surface area contributed by atoms with Gasteiger partial charge in [-0.05, 0) is 47.7 Å². The van der Waals surface area contributed by atoms with Crippen molar-refractivity contribution in [1.29, 1.82) is 0 Å². The number of fused-ring (bicyclic) bond motifs is 1. The van der Waals surface area contributed by atoms with Gasteiger partial charge in [0.1, 0.15) is 21.4 Å². The number of aryl methyl sites for hydroxylation is 1. The first-order valence-electron chi connectivity index (χ1n) is 11.1. The standard InChI is InChI=1S/C26H21Cl2N3O6S.Na/c1-3-14-11-16(27)13-20(25(14)38(34,35)36)30-31-23-17-8-5-4-7-15(17)12-18(24(23)32)26(33)29-19-9-6-10-21(37-2)22(19)28;/h4-13,32H,3H2,1-2H3,(H,29,33)(H,34,35,36);/q;+1/p-1. The molecule has 0 radical (unpaired) electrons.